The van der Waals surface area contributed by atoms with Crippen LogP contribution in [0.1, 0.15) is 24.8 Å². The number of amides is 1. The molecule has 0 aliphatic heterocycles. The predicted molar refractivity (Wildman–Crippen MR) is 85.1 cm³/mol. The summed E-state index contributed by atoms with van der Waals surface area (Å²) in [5.41, 5.74) is 1.30. The second-order valence-corrected chi connectivity index (χ2v) is 6.55. The number of aliphatic carboxylic acids is 1. The summed E-state index contributed by atoms with van der Waals surface area (Å²) in [4.78, 5) is 23.7. The molecule has 122 valence electrons. The standard InChI is InChI=1S/C19H23NO3/c21-18(16-14-9-10-15(12-14)17(16)19(22)23)20-11-5-4-8-13-6-2-1-3-7-13/h1-3,6-7,9-10,14-17H,4-5,8,11-12H2,(H,20,21)(H,22,23)/p-1/t14-,15+,16+,17+/m0/s1. The maximum atomic E-state index is 12.3. The lowest BCUT2D eigenvalue weighted by molar-refractivity contribution is -0.313. The number of carboxylic acids is 1. The highest BCUT2D eigenvalue weighted by Gasteiger charge is 2.48. The minimum atomic E-state index is -1.09. The van der Waals surface area contributed by atoms with Crippen LogP contribution in [0.2, 0.25) is 0 Å². The molecule has 23 heavy (non-hydrogen) atoms. The fraction of sp³-hybridized carbons (Fsp3) is 0.474. The van der Waals surface area contributed by atoms with Gasteiger partial charge < -0.3 is 15.2 Å². The Morgan fingerprint density at radius 3 is 2.43 bits per heavy atom. The molecule has 1 aromatic rings. The smallest absolute Gasteiger partial charge is 0.224 e. The fourth-order valence-electron chi connectivity index (χ4n) is 3.93. The molecule has 0 unspecified atom stereocenters. The van der Waals surface area contributed by atoms with Gasteiger partial charge in [-0.1, -0.05) is 42.5 Å². The van der Waals surface area contributed by atoms with E-state index in [-0.39, 0.29) is 17.7 Å². The normalized spacial score (nSPS) is 28.0. The van der Waals surface area contributed by atoms with Gasteiger partial charge in [0.05, 0.1) is 5.92 Å². The van der Waals surface area contributed by atoms with Crippen LogP contribution in [0.5, 0.6) is 0 Å². The molecule has 1 fully saturated rings. The largest absolute Gasteiger partial charge is 0.550 e. The highest BCUT2D eigenvalue weighted by molar-refractivity contribution is 5.86. The van der Waals surface area contributed by atoms with Crippen molar-refractivity contribution >= 4 is 11.9 Å². The number of carbonyl (C=O) groups is 2. The van der Waals surface area contributed by atoms with Gasteiger partial charge in [-0.3, -0.25) is 4.79 Å². The number of benzene rings is 1. The highest BCUT2D eigenvalue weighted by atomic mass is 16.4. The molecule has 1 saturated carbocycles. The first kappa shape index (κ1) is 15.8. The quantitative estimate of drug-likeness (QED) is 0.610. The van der Waals surface area contributed by atoms with E-state index in [4.69, 9.17) is 0 Å². The zero-order valence-corrected chi connectivity index (χ0v) is 13.1. The van der Waals surface area contributed by atoms with E-state index in [2.05, 4.69) is 17.4 Å². The van der Waals surface area contributed by atoms with E-state index in [1.54, 1.807) is 0 Å². The molecule has 3 rings (SSSR count). The summed E-state index contributed by atoms with van der Waals surface area (Å²) >= 11 is 0. The van der Waals surface area contributed by atoms with E-state index in [0.29, 0.717) is 6.54 Å². The molecule has 1 N–H and O–H groups in total. The van der Waals surface area contributed by atoms with Gasteiger partial charge in [0, 0.05) is 18.4 Å². The van der Waals surface area contributed by atoms with Gasteiger partial charge in [-0.05, 0) is 43.1 Å². The summed E-state index contributed by atoms with van der Waals surface area (Å²) in [5, 5.41) is 14.2. The zero-order chi connectivity index (χ0) is 16.2. The zero-order valence-electron chi connectivity index (χ0n) is 13.1. The van der Waals surface area contributed by atoms with Crippen molar-refractivity contribution in [1.29, 1.82) is 0 Å². The van der Waals surface area contributed by atoms with E-state index in [1.165, 1.54) is 5.56 Å². The lowest BCUT2D eigenvalue weighted by atomic mass is 9.82. The minimum absolute atomic E-state index is 0.0289. The first-order valence-electron chi connectivity index (χ1n) is 8.37. The van der Waals surface area contributed by atoms with E-state index >= 15 is 0 Å². The Morgan fingerprint density at radius 1 is 1.04 bits per heavy atom. The average Bonchev–Trinajstić information content (AvgIpc) is 3.16. The number of rotatable bonds is 7. The molecule has 4 atom stereocenters. The van der Waals surface area contributed by atoms with E-state index < -0.39 is 17.8 Å². The molecule has 1 amide bonds. The predicted octanol–water partition coefficient (Wildman–Crippen LogP) is 1.31. The Kier molecular flexibility index (Phi) is 4.79. The molecular formula is C19H22NO3-. The van der Waals surface area contributed by atoms with E-state index in [9.17, 15) is 14.7 Å². The second kappa shape index (κ2) is 6.99. The van der Waals surface area contributed by atoms with Crippen molar-refractivity contribution in [1.82, 2.24) is 5.32 Å². The van der Waals surface area contributed by atoms with Crippen LogP contribution in [-0.4, -0.2) is 18.4 Å². The first-order chi connectivity index (χ1) is 11.2. The number of allylic oxidation sites excluding steroid dienone is 2. The minimum Gasteiger partial charge on any atom is -0.550 e. The lowest BCUT2D eigenvalue weighted by Gasteiger charge is -2.27. The molecular weight excluding hydrogens is 290 g/mol. The van der Waals surface area contributed by atoms with E-state index in [0.717, 1.165) is 25.7 Å². The van der Waals surface area contributed by atoms with Gasteiger partial charge in [0.15, 0.2) is 0 Å². The van der Waals surface area contributed by atoms with Crippen LogP contribution < -0.4 is 10.4 Å². The Hall–Kier alpha value is -2.10. The number of carboxylic acid groups (broad SMARTS) is 1. The van der Waals surface area contributed by atoms with Crippen LogP contribution in [0.3, 0.4) is 0 Å². The van der Waals surface area contributed by atoms with Crippen LogP contribution >= 0.6 is 0 Å². The Balaban J connectivity index is 1.43. The van der Waals surface area contributed by atoms with Crippen molar-refractivity contribution in [2.45, 2.75) is 25.7 Å². The van der Waals surface area contributed by atoms with Crippen molar-refractivity contribution in [3.05, 3.63) is 48.0 Å². The Morgan fingerprint density at radius 2 is 1.74 bits per heavy atom. The number of fused-ring (bicyclic) bond motifs is 2. The third-order valence-corrected chi connectivity index (χ3v) is 5.07. The van der Waals surface area contributed by atoms with Crippen LogP contribution in [0.4, 0.5) is 0 Å². The summed E-state index contributed by atoms with van der Waals surface area (Å²) in [6, 6.07) is 10.3. The van der Waals surface area contributed by atoms with Gasteiger partial charge in [0.2, 0.25) is 5.91 Å². The van der Waals surface area contributed by atoms with Gasteiger partial charge in [-0.15, -0.1) is 0 Å². The maximum absolute atomic E-state index is 12.3. The fourth-order valence-corrected chi connectivity index (χ4v) is 3.93. The Labute approximate surface area is 136 Å². The Bertz CT molecular complexity index is 596. The molecule has 1 aromatic carbocycles. The molecule has 4 heteroatoms. The van der Waals surface area contributed by atoms with Crippen LogP contribution in [0, 0.1) is 23.7 Å². The van der Waals surface area contributed by atoms with Gasteiger partial charge in [0.1, 0.15) is 0 Å². The molecule has 2 aliphatic rings. The highest BCUT2D eigenvalue weighted by Crippen LogP contribution is 2.47. The molecule has 0 heterocycles. The summed E-state index contributed by atoms with van der Waals surface area (Å²) in [7, 11) is 0. The lowest BCUT2D eigenvalue weighted by Crippen LogP contribution is -2.45. The number of hydrogen-bond acceptors (Lipinski definition) is 3. The van der Waals surface area contributed by atoms with Crippen molar-refractivity contribution in [2.75, 3.05) is 6.54 Å². The topological polar surface area (TPSA) is 69.2 Å². The monoisotopic (exact) mass is 312 g/mol. The maximum Gasteiger partial charge on any atom is 0.224 e. The van der Waals surface area contributed by atoms with E-state index in [1.807, 2.05) is 30.4 Å². The number of nitrogens with one attached hydrogen (secondary N) is 1. The van der Waals surface area contributed by atoms with Gasteiger partial charge in [-0.2, -0.15) is 0 Å². The summed E-state index contributed by atoms with van der Waals surface area (Å²) < 4.78 is 0. The van der Waals surface area contributed by atoms with Crippen LogP contribution in [0.25, 0.3) is 0 Å². The molecule has 0 spiro atoms. The van der Waals surface area contributed by atoms with Crippen molar-refractivity contribution in [3.8, 4) is 0 Å². The molecule has 0 saturated heterocycles. The number of carbonyl (C=O) groups excluding carboxylic acids is 2. The molecule has 2 bridgehead atoms. The van der Waals surface area contributed by atoms with Gasteiger partial charge in [0.25, 0.3) is 0 Å². The SMILES string of the molecule is O=C([O-])[C@H]1[C@H](C(=O)NCCCCc2ccccc2)[C@H]2C=C[C@@H]1C2. The number of hydrogen-bond donors (Lipinski definition) is 1. The molecule has 0 aromatic heterocycles. The van der Waals surface area contributed by atoms with Crippen molar-refractivity contribution in [2.24, 2.45) is 23.7 Å². The van der Waals surface area contributed by atoms with Crippen LogP contribution in [-0.2, 0) is 16.0 Å². The van der Waals surface area contributed by atoms with Gasteiger partial charge in [-0.25, -0.2) is 0 Å². The summed E-state index contributed by atoms with van der Waals surface area (Å²) in [5.74, 6) is -2.30. The van der Waals surface area contributed by atoms with Gasteiger partial charge >= 0.3 is 0 Å². The third-order valence-electron chi connectivity index (χ3n) is 5.07. The third kappa shape index (κ3) is 3.46. The van der Waals surface area contributed by atoms with Crippen LogP contribution in [0.15, 0.2) is 42.5 Å². The summed E-state index contributed by atoms with van der Waals surface area (Å²) in [6.45, 7) is 0.600. The number of aryl methyl sites for hydroxylation is 1. The van der Waals surface area contributed by atoms with Crippen molar-refractivity contribution in [3.63, 3.8) is 0 Å². The average molecular weight is 312 g/mol. The molecule has 4 nitrogen and oxygen atoms in total. The second-order valence-electron chi connectivity index (χ2n) is 6.55. The molecule has 0 radical (unpaired) electrons. The summed E-state index contributed by atoms with van der Waals surface area (Å²) in [6.07, 6.45) is 7.58. The molecule has 2 aliphatic carbocycles. The first-order valence-corrected chi connectivity index (χ1v) is 8.37. The van der Waals surface area contributed by atoms with Crippen molar-refractivity contribution < 1.29 is 14.7 Å². The number of unbranched alkanes of at least 4 members (excludes halogenated alkanes) is 1.